The largest absolute Gasteiger partial charge is 0.462 e. The summed E-state index contributed by atoms with van der Waals surface area (Å²) in [5.74, 6) is -1.47. The zero-order valence-corrected chi connectivity index (χ0v) is 20.8. The van der Waals surface area contributed by atoms with Crippen molar-refractivity contribution >= 4 is 40.1 Å². The number of esters is 2. The first kappa shape index (κ1) is 24.9. The van der Waals surface area contributed by atoms with Crippen LogP contribution in [0, 0.1) is 11.8 Å². The van der Waals surface area contributed by atoms with Crippen molar-refractivity contribution in [2.24, 2.45) is 11.8 Å². The summed E-state index contributed by atoms with van der Waals surface area (Å²) in [6, 6.07) is 9.38. The monoisotopic (exact) mass is 498 g/mol. The molecule has 1 saturated carbocycles. The van der Waals surface area contributed by atoms with Crippen LogP contribution in [0.25, 0.3) is 11.1 Å². The Bertz CT molecular complexity index is 1090. The van der Waals surface area contributed by atoms with Crippen molar-refractivity contribution < 1.29 is 28.7 Å². The van der Waals surface area contributed by atoms with Gasteiger partial charge in [-0.15, -0.1) is 11.3 Å². The fourth-order valence-corrected chi connectivity index (χ4v) is 5.11. The van der Waals surface area contributed by atoms with E-state index in [0.29, 0.717) is 36.5 Å². The van der Waals surface area contributed by atoms with E-state index in [9.17, 15) is 19.2 Å². The number of likely N-dealkylation sites (tertiary alicyclic amines) is 1. The Morgan fingerprint density at radius 2 is 1.74 bits per heavy atom. The molecule has 1 aliphatic heterocycles. The molecular weight excluding hydrogens is 468 g/mol. The average Bonchev–Trinajstić information content (AvgIpc) is 3.64. The summed E-state index contributed by atoms with van der Waals surface area (Å²) in [5, 5.41) is 4.88. The summed E-state index contributed by atoms with van der Waals surface area (Å²) in [4.78, 5) is 52.2. The lowest BCUT2D eigenvalue weighted by Gasteiger charge is -2.31. The van der Waals surface area contributed by atoms with Gasteiger partial charge in [-0.1, -0.05) is 30.3 Å². The lowest BCUT2D eigenvalue weighted by Crippen LogP contribution is -2.42. The normalized spacial score (nSPS) is 16.9. The van der Waals surface area contributed by atoms with Gasteiger partial charge in [-0.05, 0) is 45.1 Å². The molecule has 35 heavy (non-hydrogen) atoms. The number of hydrogen-bond acceptors (Lipinski definition) is 7. The van der Waals surface area contributed by atoms with Gasteiger partial charge >= 0.3 is 11.9 Å². The maximum Gasteiger partial charge on any atom is 0.341 e. The van der Waals surface area contributed by atoms with Gasteiger partial charge in [-0.3, -0.25) is 14.4 Å². The minimum Gasteiger partial charge on any atom is -0.462 e. The molecule has 2 amide bonds. The predicted octanol–water partition coefficient (Wildman–Crippen LogP) is 4.11. The van der Waals surface area contributed by atoms with Gasteiger partial charge < -0.3 is 19.7 Å². The van der Waals surface area contributed by atoms with E-state index in [4.69, 9.17) is 9.47 Å². The zero-order chi connectivity index (χ0) is 24.9. The Kier molecular flexibility index (Phi) is 7.85. The minimum atomic E-state index is -1.04. The second kappa shape index (κ2) is 11.0. The van der Waals surface area contributed by atoms with Gasteiger partial charge in [-0.2, -0.15) is 0 Å². The molecule has 8 nitrogen and oxygen atoms in total. The zero-order valence-electron chi connectivity index (χ0n) is 20.0. The highest BCUT2D eigenvalue weighted by Crippen LogP contribution is 2.36. The van der Waals surface area contributed by atoms with Crippen LogP contribution in [0.3, 0.4) is 0 Å². The lowest BCUT2D eigenvalue weighted by molar-refractivity contribution is -0.159. The minimum absolute atomic E-state index is 0.168. The van der Waals surface area contributed by atoms with Gasteiger partial charge in [0.25, 0.3) is 5.91 Å². The molecule has 186 valence electrons. The van der Waals surface area contributed by atoms with Crippen LogP contribution >= 0.6 is 11.3 Å². The summed E-state index contributed by atoms with van der Waals surface area (Å²) < 4.78 is 10.7. The van der Waals surface area contributed by atoms with E-state index in [1.54, 1.807) is 12.3 Å². The van der Waals surface area contributed by atoms with Gasteiger partial charge in [-0.25, -0.2) is 4.79 Å². The number of nitrogens with one attached hydrogen (secondary N) is 1. The molecule has 1 aromatic carbocycles. The molecule has 0 spiro atoms. The fraction of sp³-hybridized carbons (Fsp3) is 0.462. The number of carbonyl (C=O) groups excluding carboxylic acids is 4. The third-order valence-corrected chi connectivity index (χ3v) is 7.22. The van der Waals surface area contributed by atoms with Crippen molar-refractivity contribution in [3.63, 3.8) is 0 Å². The maximum atomic E-state index is 12.8. The highest BCUT2D eigenvalue weighted by atomic mass is 32.1. The number of rotatable bonds is 8. The summed E-state index contributed by atoms with van der Waals surface area (Å²) >= 11 is 1.22. The van der Waals surface area contributed by atoms with Gasteiger partial charge in [0, 0.05) is 30.0 Å². The molecule has 1 aromatic heterocycles. The standard InChI is InChI=1S/C26H30N2O6S/c1-3-33-26(32)21-20(17-7-5-4-6-8-17)15-35-23(21)27-22(29)16(2)34-25(31)19-11-13-28(14-12-19)24(30)18-9-10-18/h4-8,15-16,18-19H,3,9-14H2,1-2H3,(H,27,29). The van der Waals surface area contributed by atoms with Crippen molar-refractivity contribution in [3.8, 4) is 11.1 Å². The van der Waals surface area contributed by atoms with Crippen molar-refractivity contribution in [2.75, 3.05) is 25.0 Å². The summed E-state index contributed by atoms with van der Waals surface area (Å²) in [5.41, 5.74) is 1.78. The van der Waals surface area contributed by atoms with E-state index in [-0.39, 0.29) is 29.9 Å². The van der Waals surface area contributed by atoms with Crippen molar-refractivity contribution in [1.29, 1.82) is 0 Å². The molecule has 2 heterocycles. The van der Waals surface area contributed by atoms with Crippen LogP contribution in [-0.2, 0) is 23.9 Å². The Morgan fingerprint density at radius 3 is 2.37 bits per heavy atom. The topological polar surface area (TPSA) is 102 Å². The predicted molar refractivity (Wildman–Crippen MR) is 132 cm³/mol. The van der Waals surface area contributed by atoms with Crippen LogP contribution in [0.2, 0.25) is 0 Å². The van der Waals surface area contributed by atoms with Crippen LogP contribution in [0.4, 0.5) is 5.00 Å². The first-order valence-electron chi connectivity index (χ1n) is 12.0. The Balaban J connectivity index is 1.37. The second-order valence-electron chi connectivity index (χ2n) is 8.88. The molecule has 1 aliphatic carbocycles. The molecule has 2 fully saturated rings. The number of carbonyl (C=O) groups is 4. The van der Waals surface area contributed by atoms with Crippen LogP contribution in [0.1, 0.15) is 49.9 Å². The van der Waals surface area contributed by atoms with Gasteiger partial charge in [0.15, 0.2) is 6.10 Å². The smallest absolute Gasteiger partial charge is 0.341 e. The molecule has 1 atom stereocenters. The number of ether oxygens (including phenoxy) is 2. The van der Waals surface area contributed by atoms with E-state index in [0.717, 1.165) is 18.4 Å². The number of thiophene rings is 1. The molecule has 9 heteroatoms. The molecule has 0 bridgehead atoms. The van der Waals surface area contributed by atoms with E-state index in [1.165, 1.54) is 18.3 Å². The summed E-state index contributed by atoms with van der Waals surface area (Å²) in [6.45, 7) is 4.51. The van der Waals surface area contributed by atoms with E-state index < -0.39 is 23.9 Å². The van der Waals surface area contributed by atoms with Crippen LogP contribution in [0.15, 0.2) is 35.7 Å². The van der Waals surface area contributed by atoms with Gasteiger partial charge in [0.2, 0.25) is 5.91 Å². The highest BCUT2D eigenvalue weighted by molar-refractivity contribution is 7.15. The van der Waals surface area contributed by atoms with Crippen molar-refractivity contribution in [1.82, 2.24) is 4.90 Å². The molecule has 1 unspecified atom stereocenters. The first-order chi connectivity index (χ1) is 16.9. The molecule has 1 N–H and O–H groups in total. The second-order valence-corrected chi connectivity index (χ2v) is 9.76. The molecule has 1 saturated heterocycles. The Morgan fingerprint density at radius 1 is 1.06 bits per heavy atom. The number of amides is 2. The van der Waals surface area contributed by atoms with Crippen LogP contribution in [0.5, 0.6) is 0 Å². The molecule has 2 aromatic rings. The fourth-order valence-electron chi connectivity index (χ4n) is 4.15. The van der Waals surface area contributed by atoms with Crippen LogP contribution in [-0.4, -0.2) is 54.5 Å². The average molecular weight is 499 g/mol. The maximum absolute atomic E-state index is 12.8. The Hall–Kier alpha value is -3.20. The Labute approximate surface area is 208 Å². The SMILES string of the molecule is CCOC(=O)c1c(-c2ccccc2)csc1NC(=O)C(C)OC(=O)C1CCN(C(=O)C2CC2)CC1. The molecular formula is C26H30N2O6S. The van der Waals surface area contributed by atoms with E-state index >= 15 is 0 Å². The third-order valence-electron chi connectivity index (χ3n) is 6.32. The van der Waals surface area contributed by atoms with E-state index in [2.05, 4.69) is 5.32 Å². The molecule has 0 radical (unpaired) electrons. The first-order valence-corrected chi connectivity index (χ1v) is 12.9. The lowest BCUT2D eigenvalue weighted by atomic mass is 9.96. The molecule has 2 aliphatic rings. The number of nitrogens with zero attached hydrogens (tertiary/aromatic N) is 1. The van der Waals surface area contributed by atoms with E-state index in [1.807, 2.05) is 35.2 Å². The third kappa shape index (κ3) is 5.90. The number of benzene rings is 1. The highest BCUT2D eigenvalue weighted by Gasteiger charge is 2.37. The summed E-state index contributed by atoms with van der Waals surface area (Å²) in [7, 11) is 0. The number of piperidine rings is 1. The quantitative estimate of drug-likeness (QED) is 0.550. The summed E-state index contributed by atoms with van der Waals surface area (Å²) in [6.07, 6.45) is 1.95. The van der Waals surface area contributed by atoms with Crippen molar-refractivity contribution in [2.45, 2.75) is 45.6 Å². The van der Waals surface area contributed by atoms with Gasteiger partial charge in [0.1, 0.15) is 10.6 Å². The van der Waals surface area contributed by atoms with Crippen LogP contribution < -0.4 is 5.32 Å². The van der Waals surface area contributed by atoms with Crippen molar-refractivity contribution in [3.05, 3.63) is 41.3 Å². The number of anilines is 1. The molecule has 4 rings (SSSR count). The number of hydrogen-bond donors (Lipinski definition) is 1. The van der Waals surface area contributed by atoms with Gasteiger partial charge in [0.05, 0.1) is 12.5 Å².